The molecule has 3 rings (SSSR count). The first kappa shape index (κ1) is 12.6. The van der Waals surface area contributed by atoms with E-state index in [9.17, 15) is 13.2 Å². The van der Waals surface area contributed by atoms with Gasteiger partial charge in [0.05, 0.1) is 5.92 Å². The summed E-state index contributed by atoms with van der Waals surface area (Å²) in [5.41, 5.74) is 0.626. The molecule has 0 N–H and O–H groups in total. The van der Waals surface area contributed by atoms with Gasteiger partial charge in [-0.2, -0.15) is 23.4 Å². The molecule has 2 atom stereocenters. The summed E-state index contributed by atoms with van der Waals surface area (Å²) in [7, 11) is 0. The zero-order valence-electron chi connectivity index (χ0n) is 9.92. The average molecular weight is 280 g/mol. The number of pyridine rings is 1. The van der Waals surface area contributed by atoms with Gasteiger partial charge in [-0.05, 0) is 18.6 Å². The van der Waals surface area contributed by atoms with Crippen LogP contribution in [0.25, 0.3) is 11.5 Å². The smallest absolute Gasteiger partial charge is 0.334 e. The molecule has 0 aromatic carbocycles. The Hall–Kier alpha value is -2.43. The number of hydrogen-bond donors (Lipinski definition) is 0. The SMILES string of the molecule is N#Cc1cc(-c2nc([C@@H]3C[C@H]3C(F)(F)F)no2)ccn1. The Balaban J connectivity index is 1.83. The first-order valence-electron chi connectivity index (χ1n) is 5.76. The van der Waals surface area contributed by atoms with Crippen LogP contribution in [-0.2, 0) is 0 Å². The quantitative estimate of drug-likeness (QED) is 0.845. The number of rotatable bonds is 2. The van der Waals surface area contributed by atoms with Crippen LogP contribution in [0.3, 0.4) is 0 Å². The fourth-order valence-corrected chi connectivity index (χ4v) is 1.97. The van der Waals surface area contributed by atoms with Crippen molar-refractivity contribution in [2.24, 2.45) is 5.92 Å². The highest BCUT2D eigenvalue weighted by atomic mass is 19.4. The second kappa shape index (κ2) is 4.30. The Kier molecular flexibility index (Phi) is 2.71. The summed E-state index contributed by atoms with van der Waals surface area (Å²) in [5, 5.41) is 12.3. The lowest BCUT2D eigenvalue weighted by Gasteiger charge is -2.02. The normalized spacial score (nSPS) is 21.5. The highest BCUT2D eigenvalue weighted by Crippen LogP contribution is 2.55. The van der Waals surface area contributed by atoms with Gasteiger partial charge < -0.3 is 4.52 Å². The molecule has 20 heavy (non-hydrogen) atoms. The molecule has 0 spiro atoms. The van der Waals surface area contributed by atoms with E-state index < -0.39 is 18.0 Å². The summed E-state index contributed by atoms with van der Waals surface area (Å²) in [6.07, 6.45) is -2.84. The summed E-state index contributed by atoms with van der Waals surface area (Å²) in [4.78, 5) is 7.75. The van der Waals surface area contributed by atoms with Crippen LogP contribution in [-0.4, -0.2) is 21.3 Å². The predicted octanol–water partition coefficient (Wildman–Crippen LogP) is 2.67. The van der Waals surface area contributed by atoms with E-state index in [1.165, 1.54) is 12.3 Å². The molecule has 0 saturated heterocycles. The highest BCUT2D eigenvalue weighted by Gasteiger charge is 2.58. The van der Waals surface area contributed by atoms with Crippen molar-refractivity contribution in [1.29, 1.82) is 5.26 Å². The van der Waals surface area contributed by atoms with Gasteiger partial charge in [0.25, 0.3) is 5.89 Å². The molecule has 2 aromatic rings. The molecule has 0 unspecified atom stereocenters. The first-order valence-corrected chi connectivity index (χ1v) is 5.76. The summed E-state index contributed by atoms with van der Waals surface area (Å²) >= 11 is 0. The van der Waals surface area contributed by atoms with Crippen LogP contribution in [0.2, 0.25) is 0 Å². The Morgan fingerprint density at radius 1 is 1.40 bits per heavy atom. The van der Waals surface area contributed by atoms with E-state index in [0.717, 1.165) is 0 Å². The molecule has 8 heteroatoms. The Bertz CT molecular complexity index is 688. The van der Waals surface area contributed by atoms with Crippen LogP contribution in [0, 0.1) is 17.2 Å². The lowest BCUT2D eigenvalue weighted by Crippen LogP contribution is -2.11. The van der Waals surface area contributed by atoms with Gasteiger partial charge in [-0.1, -0.05) is 5.16 Å². The molecule has 2 heterocycles. The van der Waals surface area contributed by atoms with Crippen molar-refractivity contribution in [3.8, 4) is 17.5 Å². The van der Waals surface area contributed by atoms with Crippen LogP contribution in [0.4, 0.5) is 13.2 Å². The highest BCUT2D eigenvalue weighted by molar-refractivity contribution is 5.54. The maximum Gasteiger partial charge on any atom is 0.392 e. The molecule has 1 fully saturated rings. The average Bonchev–Trinajstić information content (AvgIpc) is 3.10. The van der Waals surface area contributed by atoms with Gasteiger partial charge in [0.1, 0.15) is 11.8 Å². The third kappa shape index (κ3) is 2.22. The zero-order chi connectivity index (χ0) is 14.3. The van der Waals surface area contributed by atoms with Crippen LogP contribution in [0.5, 0.6) is 0 Å². The third-order valence-corrected chi connectivity index (χ3v) is 3.11. The maximum absolute atomic E-state index is 12.5. The number of alkyl halides is 3. The zero-order valence-corrected chi connectivity index (χ0v) is 9.92. The largest absolute Gasteiger partial charge is 0.392 e. The van der Waals surface area contributed by atoms with E-state index in [0.29, 0.717) is 5.56 Å². The summed E-state index contributed by atoms with van der Waals surface area (Å²) < 4.78 is 42.4. The van der Waals surface area contributed by atoms with Gasteiger partial charge in [0.15, 0.2) is 5.82 Å². The Labute approximate surface area is 111 Å². The molecule has 0 radical (unpaired) electrons. The third-order valence-electron chi connectivity index (χ3n) is 3.11. The molecular formula is C12H7F3N4O. The van der Waals surface area contributed by atoms with Crippen molar-refractivity contribution in [3.63, 3.8) is 0 Å². The predicted molar refractivity (Wildman–Crippen MR) is 59.1 cm³/mol. The second-order valence-electron chi connectivity index (χ2n) is 4.49. The minimum absolute atomic E-state index is 0.0116. The number of halogens is 3. The number of aromatic nitrogens is 3. The van der Waals surface area contributed by atoms with E-state index in [1.54, 1.807) is 6.07 Å². The van der Waals surface area contributed by atoms with Crippen molar-refractivity contribution in [3.05, 3.63) is 29.8 Å². The van der Waals surface area contributed by atoms with Gasteiger partial charge in [-0.15, -0.1) is 0 Å². The summed E-state index contributed by atoms with van der Waals surface area (Å²) in [5.74, 6) is -1.98. The fraction of sp³-hybridized carbons (Fsp3) is 0.333. The summed E-state index contributed by atoms with van der Waals surface area (Å²) in [6.45, 7) is 0. The van der Waals surface area contributed by atoms with E-state index in [4.69, 9.17) is 9.78 Å². The van der Waals surface area contributed by atoms with Crippen LogP contribution in [0.15, 0.2) is 22.9 Å². The minimum atomic E-state index is -4.23. The topological polar surface area (TPSA) is 75.6 Å². The lowest BCUT2D eigenvalue weighted by atomic mass is 10.2. The van der Waals surface area contributed by atoms with Crippen LogP contribution < -0.4 is 0 Å². The van der Waals surface area contributed by atoms with Crippen molar-refractivity contribution >= 4 is 0 Å². The summed E-state index contributed by atoms with van der Waals surface area (Å²) in [6, 6.07) is 4.84. The number of hydrogen-bond acceptors (Lipinski definition) is 5. The Morgan fingerprint density at radius 2 is 2.20 bits per heavy atom. The van der Waals surface area contributed by atoms with E-state index in [1.807, 2.05) is 6.07 Å². The molecule has 5 nitrogen and oxygen atoms in total. The van der Waals surface area contributed by atoms with E-state index in [2.05, 4.69) is 15.1 Å². The second-order valence-corrected chi connectivity index (χ2v) is 4.49. The number of nitrogens with zero attached hydrogens (tertiary/aromatic N) is 4. The van der Waals surface area contributed by atoms with Crippen molar-refractivity contribution in [2.45, 2.75) is 18.5 Å². The van der Waals surface area contributed by atoms with Crippen molar-refractivity contribution in [2.75, 3.05) is 0 Å². The minimum Gasteiger partial charge on any atom is -0.334 e. The lowest BCUT2D eigenvalue weighted by molar-refractivity contribution is -0.148. The molecular weight excluding hydrogens is 273 g/mol. The van der Waals surface area contributed by atoms with E-state index in [-0.39, 0.29) is 23.8 Å². The number of nitriles is 1. The molecule has 0 bridgehead atoms. The molecule has 1 aliphatic rings. The van der Waals surface area contributed by atoms with Gasteiger partial charge in [0, 0.05) is 17.7 Å². The monoisotopic (exact) mass is 280 g/mol. The first-order chi connectivity index (χ1) is 9.49. The van der Waals surface area contributed by atoms with Crippen molar-refractivity contribution in [1.82, 2.24) is 15.1 Å². The van der Waals surface area contributed by atoms with Crippen LogP contribution >= 0.6 is 0 Å². The molecule has 1 saturated carbocycles. The fourth-order valence-electron chi connectivity index (χ4n) is 1.97. The van der Waals surface area contributed by atoms with E-state index >= 15 is 0 Å². The van der Waals surface area contributed by atoms with Crippen molar-refractivity contribution < 1.29 is 17.7 Å². The van der Waals surface area contributed by atoms with Gasteiger partial charge in [0.2, 0.25) is 0 Å². The molecule has 2 aromatic heterocycles. The van der Waals surface area contributed by atoms with Gasteiger partial charge in [-0.25, -0.2) is 4.98 Å². The standard InChI is InChI=1S/C12H7F3N4O/c13-12(14,15)9-4-8(9)10-18-11(20-19-10)6-1-2-17-7(3-6)5-16/h1-3,8-9H,4H2/t8-,9-/m1/s1. The molecule has 0 aliphatic heterocycles. The molecule has 0 amide bonds. The van der Waals surface area contributed by atoms with Gasteiger partial charge >= 0.3 is 6.18 Å². The Morgan fingerprint density at radius 3 is 2.85 bits per heavy atom. The van der Waals surface area contributed by atoms with Gasteiger partial charge in [-0.3, -0.25) is 0 Å². The van der Waals surface area contributed by atoms with Crippen LogP contribution in [0.1, 0.15) is 23.9 Å². The molecule has 102 valence electrons. The molecule has 1 aliphatic carbocycles. The maximum atomic E-state index is 12.5.